The number of aliphatic hydroxyl groups is 3. The van der Waals surface area contributed by atoms with Gasteiger partial charge in [0.2, 0.25) is 11.4 Å². The van der Waals surface area contributed by atoms with Gasteiger partial charge in [0.05, 0.1) is 29.6 Å². The van der Waals surface area contributed by atoms with Gasteiger partial charge in [-0.2, -0.15) is 9.97 Å². The van der Waals surface area contributed by atoms with E-state index in [1.807, 2.05) is 50.2 Å². The number of fused-ring (bicyclic) bond motifs is 2. The van der Waals surface area contributed by atoms with Crippen molar-refractivity contribution in [2.45, 2.75) is 135 Å². The fraction of sp³-hybridized carbons (Fsp3) is 0.490. The molecule has 348 valence electrons. The van der Waals surface area contributed by atoms with E-state index in [-0.39, 0.29) is 43.4 Å². The lowest BCUT2D eigenvalue weighted by Crippen LogP contribution is -2.39. The Balaban J connectivity index is 0.000000198. The van der Waals surface area contributed by atoms with Crippen LogP contribution in [0.25, 0.3) is 44.8 Å². The summed E-state index contributed by atoms with van der Waals surface area (Å²) in [5.41, 5.74) is 9.66. The molecule has 0 bridgehead atoms. The summed E-state index contributed by atoms with van der Waals surface area (Å²) in [5, 5.41) is 30.9. The van der Waals surface area contributed by atoms with Gasteiger partial charge in [-0.3, -0.25) is 13.9 Å². The molecule has 2 fully saturated rings. The molecule has 7 atom stereocenters. The maximum atomic E-state index is 12.7. The van der Waals surface area contributed by atoms with E-state index in [4.69, 9.17) is 28.8 Å². The Morgan fingerprint density at radius 3 is 1.60 bits per heavy atom. The average molecular weight is 896 g/mol. The molecule has 6 heterocycles. The summed E-state index contributed by atoms with van der Waals surface area (Å²) in [6.45, 7) is 7.59. The van der Waals surface area contributed by atoms with Crippen molar-refractivity contribution < 1.29 is 43.2 Å². The first-order valence-corrected chi connectivity index (χ1v) is 22.8. The molecule has 2 aliphatic heterocycles. The number of ether oxygens (including phenoxy) is 3. The van der Waals surface area contributed by atoms with Crippen molar-refractivity contribution in [3.8, 4) is 22.6 Å². The summed E-state index contributed by atoms with van der Waals surface area (Å²) in [7, 11) is 0. The van der Waals surface area contributed by atoms with E-state index in [0.29, 0.717) is 22.3 Å². The van der Waals surface area contributed by atoms with Crippen LogP contribution < -0.4 is 17.1 Å². The molecule has 0 spiro atoms. The molecule has 16 nitrogen and oxygen atoms in total. The molecule has 6 aromatic rings. The largest absolute Gasteiger partial charge is 0.462 e. The number of rotatable bonds is 17. The molecule has 4 aromatic heterocycles. The maximum absolute atomic E-state index is 12.7. The molecule has 2 aliphatic rings. The predicted molar refractivity (Wildman–Crippen MR) is 244 cm³/mol. The molecule has 8 rings (SSSR count). The molecule has 0 radical (unpaired) electrons. The number of aryl methyl sites for hydroxylation is 2. The first-order chi connectivity index (χ1) is 31.3. The van der Waals surface area contributed by atoms with Crippen LogP contribution >= 0.6 is 0 Å². The SMILES string of the molecule is CCCCCc1ccc(-c2cc3cn(C4CC(O)C(CO)O4)c(=O)nc3o2)cc1.CCCCCc1ccc(-c2cc3cn(C4CC(O)C(COC(=O)C(N)C(C)C)O4)c(=O)nc3o2)cc1. The minimum atomic E-state index is -0.906. The summed E-state index contributed by atoms with van der Waals surface area (Å²) >= 11 is 0. The summed E-state index contributed by atoms with van der Waals surface area (Å²) in [5.74, 6) is 0.642. The number of carbonyl (C=O) groups is 1. The topological polar surface area (TPSA) is 228 Å². The number of nitrogens with two attached hydrogens (primary N) is 1. The number of carbonyl (C=O) groups excluding carboxylic acids is 1. The Morgan fingerprint density at radius 1 is 0.738 bits per heavy atom. The maximum Gasteiger partial charge on any atom is 0.353 e. The molecular formula is C49H61N5O11. The number of hydrogen-bond acceptors (Lipinski definition) is 14. The van der Waals surface area contributed by atoms with Crippen molar-refractivity contribution in [3.63, 3.8) is 0 Å². The fourth-order valence-electron chi connectivity index (χ4n) is 8.00. The average Bonchev–Trinajstić information content (AvgIpc) is 4.10. The third-order valence-corrected chi connectivity index (χ3v) is 12.1. The number of aliphatic hydroxyl groups excluding tert-OH is 3. The van der Waals surface area contributed by atoms with Crippen LogP contribution in [0.2, 0.25) is 0 Å². The second-order valence-corrected chi connectivity index (χ2v) is 17.4. The van der Waals surface area contributed by atoms with Gasteiger partial charge in [0.25, 0.3) is 0 Å². The van der Waals surface area contributed by atoms with Gasteiger partial charge in [-0.25, -0.2) is 9.59 Å². The third-order valence-electron chi connectivity index (χ3n) is 12.1. The molecular weight excluding hydrogens is 835 g/mol. The monoisotopic (exact) mass is 895 g/mol. The minimum absolute atomic E-state index is 0.0698. The van der Waals surface area contributed by atoms with Crippen LogP contribution in [-0.4, -0.2) is 84.1 Å². The van der Waals surface area contributed by atoms with Crippen molar-refractivity contribution in [2.24, 2.45) is 11.7 Å². The summed E-state index contributed by atoms with van der Waals surface area (Å²) in [4.78, 5) is 45.3. The van der Waals surface area contributed by atoms with Gasteiger partial charge in [-0.05, 0) is 54.9 Å². The van der Waals surface area contributed by atoms with E-state index >= 15 is 0 Å². The smallest absolute Gasteiger partial charge is 0.353 e. The predicted octanol–water partition coefficient (Wildman–Crippen LogP) is 6.59. The van der Waals surface area contributed by atoms with E-state index in [1.165, 1.54) is 58.8 Å². The zero-order valence-corrected chi connectivity index (χ0v) is 37.5. The number of esters is 1. The van der Waals surface area contributed by atoms with Crippen molar-refractivity contribution in [1.29, 1.82) is 0 Å². The highest BCUT2D eigenvalue weighted by atomic mass is 16.6. The van der Waals surface area contributed by atoms with Crippen LogP contribution in [0.5, 0.6) is 0 Å². The molecule has 0 aliphatic carbocycles. The van der Waals surface area contributed by atoms with Gasteiger partial charge in [0, 0.05) is 36.4 Å². The van der Waals surface area contributed by atoms with Gasteiger partial charge in [0.1, 0.15) is 48.8 Å². The van der Waals surface area contributed by atoms with Crippen LogP contribution in [0.3, 0.4) is 0 Å². The molecule has 2 aromatic carbocycles. The Hall–Kier alpha value is -5.49. The van der Waals surface area contributed by atoms with Crippen LogP contribution in [-0.2, 0) is 31.8 Å². The Bertz CT molecular complexity index is 2620. The molecule has 16 heteroatoms. The van der Waals surface area contributed by atoms with Crippen molar-refractivity contribution in [3.05, 3.63) is 105 Å². The third kappa shape index (κ3) is 11.5. The van der Waals surface area contributed by atoms with Gasteiger partial charge in [-0.1, -0.05) is 102 Å². The summed E-state index contributed by atoms with van der Waals surface area (Å²) in [6.07, 6.45) is 8.37. The number of hydrogen-bond donors (Lipinski definition) is 4. The number of aromatic nitrogens is 4. The normalized spacial score (nSPS) is 21.2. The standard InChI is InChI=1S/C27H35N3O6.C22H26N2O5/c1-4-5-6-7-17-8-10-18(11-9-17)21-12-19-14-30(27(33)29-25(19)36-21)23-13-20(31)22(35-23)15-34-26(32)24(28)16(2)3;1-2-3-4-5-14-6-8-15(9-7-14)18-10-16-12-24(22(27)23-21(16)29-18)20-11-17(26)19(13-25)28-20/h8-12,14,16,20,22-24,31H,4-7,13,15,28H2,1-3H3;6-10,12,17,19-20,25-26H,2-5,11,13H2,1H3. The highest BCUT2D eigenvalue weighted by molar-refractivity contribution is 5.80. The Morgan fingerprint density at radius 2 is 1.18 bits per heavy atom. The van der Waals surface area contributed by atoms with Gasteiger partial charge in [-0.15, -0.1) is 0 Å². The van der Waals surface area contributed by atoms with E-state index < -0.39 is 60.3 Å². The summed E-state index contributed by atoms with van der Waals surface area (Å²) in [6, 6.07) is 19.4. The molecule has 7 unspecified atom stereocenters. The lowest BCUT2D eigenvalue weighted by atomic mass is 10.0. The second-order valence-electron chi connectivity index (χ2n) is 17.4. The minimum Gasteiger partial charge on any atom is -0.462 e. The molecule has 0 saturated carbocycles. The van der Waals surface area contributed by atoms with Crippen molar-refractivity contribution >= 4 is 28.2 Å². The molecule has 65 heavy (non-hydrogen) atoms. The Kier molecular flexibility index (Phi) is 15.8. The van der Waals surface area contributed by atoms with Crippen LogP contribution in [0.15, 0.2) is 91.5 Å². The number of unbranched alkanes of at least 4 members (excludes halogenated alkanes) is 4. The quantitative estimate of drug-likeness (QED) is 0.0560. The van der Waals surface area contributed by atoms with E-state index in [1.54, 1.807) is 12.4 Å². The first-order valence-electron chi connectivity index (χ1n) is 22.8. The summed E-state index contributed by atoms with van der Waals surface area (Å²) < 4.78 is 31.0. The zero-order chi connectivity index (χ0) is 46.2. The Labute approximate surface area is 377 Å². The van der Waals surface area contributed by atoms with Crippen LogP contribution in [0, 0.1) is 5.92 Å². The number of benzene rings is 2. The van der Waals surface area contributed by atoms with Crippen LogP contribution in [0.4, 0.5) is 0 Å². The van der Waals surface area contributed by atoms with Gasteiger partial charge < -0.3 is 44.1 Å². The highest BCUT2D eigenvalue weighted by Gasteiger charge is 2.38. The first kappa shape index (κ1) is 47.5. The molecule has 2 saturated heterocycles. The van der Waals surface area contributed by atoms with Crippen molar-refractivity contribution in [2.75, 3.05) is 13.2 Å². The fourth-order valence-corrected chi connectivity index (χ4v) is 8.00. The van der Waals surface area contributed by atoms with Crippen molar-refractivity contribution in [1.82, 2.24) is 19.1 Å². The van der Waals surface area contributed by atoms with E-state index in [9.17, 15) is 29.7 Å². The highest BCUT2D eigenvalue weighted by Crippen LogP contribution is 2.33. The molecule has 0 amide bonds. The number of nitrogens with zero attached hydrogens (tertiary/aromatic N) is 4. The lowest BCUT2D eigenvalue weighted by molar-refractivity contribution is -0.152. The van der Waals surface area contributed by atoms with E-state index in [0.717, 1.165) is 24.0 Å². The van der Waals surface area contributed by atoms with Crippen LogP contribution in [0.1, 0.15) is 103 Å². The zero-order valence-electron chi connectivity index (χ0n) is 37.5. The van der Waals surface area contributed by atoms with E-state index in [2.05, 4.69) is 48.1 Å². The molecule has 5 N–H and O–H groups in total. The second kappa shape index (κ2) is 21.7. The van der Waals surface area contributed by atoms with Gasteiger partial charge in [0.15, 0.2) is 0 Å². The van der Waals surface area contributed by atoms with Gasteiger partial charge >= 0.3 is 17.3 Å². The lowest BCUT2D eigenvalue weighted by Gasteiger charge is -2.18. The number of furan rings is 2.